The third kappa shape index (κ3) is 3.01. The molecule has 1 aromatic carbocycles. The molecule has 2 nitrogen and oxygen atoms in total. The molecule has 1 aliphatic heterocycles. The molecule has 2 fully saturated rings. The molecular formula is C18H26O2. The van der Waals surface area contributed by atoms with Crippen LogP contribution in [0.5, 0.6) is 5.75 Å². The molecule has 0 N–H and O–H groups in total. The molecule has 110 valence electrons. The first kappa shape index (κ1) is 13.9. The van der Waals surface area contributed by atoms with E-state index in [4.69, 9.17) is 9.47 Å². The maximum absolute atomic E-state index is 6.36. The van der Waals surface area contributed by atoms with Crippen LogP contribution in [0.25, 0.3) is 0 Å². The number of hydrogen-bond acceptors (Lipinski definition) is 2. The van der Waals surface area contributed by atoms with Crippen LogP contribution in [0.15, 0.2) is 18.2 Å². The summed E-state index contributed by atoms with van der Waals surface area (Å²) in [4.78, 5) is 0. The molecular weight excluding hydrogens is 248 g/mol. The minimum atomic E-state index is 0.202. The summed E-state index contributed by atoms with van der Waals surface area (Å²) in [6.07, 6.45) is 9.25. The van der Waals surface area contributed by atoms with Crippen LogP contribution >= 0.6 is 0 Å². The average Bonchev–Trinajstić information content (AvgIpc) is 2.84. The van der Waals surface area contributed by atoms with Crippen LogP contribution in [0.1, 0.15) is 56.1 Å². The summed E-state index contributed by atoms with van der Waals surface area (Å²) in [5, 5.41) is 0. The fraction of sp³-hybridized carbons (Fsp3) is 0.667. The van der Waals surface area contributed by atoms with E-state index in [1.807, 2.05) is 0 Å². The molecule has 1 atom stereocenters. The smallest absolute Gasteiger partial charge is 0.122 e. The van der Waals surface area contributed by atoms with Gasteiger partial charge in [0.2, 0.25) is 0 Å². The molecule has 2 heteroatoms. The van der Waals surface area contributed by atoms with Crippen LogP contribution in [0.3, 0.4) is 0 Å². The summed E-state index contributed by atoms with van der Waals surface area (Å²) in [5.41, 5.74) is 2.66. The Kier molecular flexibility index (Phi) is 4.02. The standard InChI is InChI=1S/C18H26O2/c1-14-6-7-15(2)17(12-14)19-13-16-8-11-18(20-16)9-4-3-5-10-18/h6-7,12,16H,3-5,8-11,13H2,1-2H3. The first-order chi connectivity index (χ1) is 9.67. The van der Waals surface area contributed by atoms with Crippen molar-refractivity contribution in [1.29, 1.82) is 0 Å². The molecule has 1 unspecified atom stereocenters. The van der Waals surface area contributed by atoms with Gasteiger partial charge < -0.3 is 9.47 Å². The van der Waals surface area contributed by atoms with Gasteiger partial charge >= 0.3 is 0 Å². The quantitative estimate of drug-likeness (QED) is 0.804. The van der Waals surface area contributed by atoms with Crippen molar-refractivity contribution in [3.63, 3.8) is 0 Å². The van der Waals surface area contributed by atoms with Crippen LogP contribution < -0.4 is 4.74 Å². The molecule has 0 amide bonds. The zero-order chi connectivity index (χ0) is 14.0. The number of ether oxygens (including phenoxy) is 2. The van der Waals surface area contributed by atoms with Gasteiger partial charge in [0.05, 0.1) is 11.7 Å². The van der Waals surface area contributed by atoms with Crippen molar-refractivity contribution >= 4 is 0 Å². The van der Waals surface area contributed by atoms with Gasteiger partial charge in [-0.2, -0.15) is 0 Å². The Balaban J connectivity index is 1.56. The van der Waals surface area contributed by atoms with Gasteiger partial charge in [0, 0.05) is 0 Å². The molecule has 1 aromatic rings. The van der Waals surface area contributed by atoms with Crippen LogP contribution in [-0.2, 0) is 4.74 Å². The lowest BCUT2D eigenvalue weighted by Crippen LogP contribution is -2.32. The molecule has 2 aliphatic rings. The van der Waals surface area contributed by atoms with Crippen LogP contribution in [-0.4, -0.2) is 18.3 Å². The molecule has 1 saturated heterocycles. The minimum absolute atomic E-state index is 0.202. The van der Waals surface area contributed by atoms with E-state index in [0.29, 0.717) is 6.61 Å². The van der Waals surface area contributed by atoms with Gasteiger partial charge in [-0.1, -0.05) is 31.4 Å². The number of rotatable bonds is 3. The Morgan fingerprint density at radius 2 is 1.95 bits per heavy atom. The third-order valence-electron chi connectivity index (χ3n) is 4.87. The minimum Gasteiger partial charge on any atom is -0.491 e. The normalized spacial score (nSPS) is 25.0. The van der Waals surface area contributed by atoms with Gasteiger partial charge in [-0.3, -0.25) is 0 Å². The SMILES string of the molecule is Cc1ccc(C)c(OCC2CCC3(CCCCC3)O2)c1. The number of benzene rings is 1. The number of aryl methyl sites for hydroxylation is 2. The first-order valence-electron chi connectivity index (χ1n) is 8.05. The zero-order valence-electron chi connectivity index (χ0n) is 12.8. The summed E-state index contributed by atoms with van der Waals surface area (Å²) in [6, 6.07) is 6.38. The van der Waals surface area contributed by atoms with Crippen LogP contribution in [0.2, 0.25) is 0 Å². The highest BCUT2D eigenvalue weighted by atomic mass is 16.6. The van der Waals surface area contributed by atoms with Gasteiger partial charge in [0.1, 0.15) is 12.4 Å². The van der Waals surface area contributed by atoms with Gasteiger partial charge in [-0.05, 0) is 56.7 Å². The lowest BCUT2D eigenvalue weighted by atomic mass is 9.83. The molecule has 1 saturated carbocycles. The van der Waals surface area contributed by atoms with Crippen molar-refractivity contribution in [3.05, 3.63) is 29.3 Å². The van der Waals surface area contributed by atoms with Gasteiger partial charge in [0.25, 0.3) is 0 Å². The van der Waals surface area contributed by atoms with E-state index in [1.165, 1.54) is 49.7 Å². The maximum atomic E-state index is 6.36. The lowest BCUT2D eigenvalue weighted by Gasteiger charge is -2.33. The molecule has 0 bridgehead atoms. The monoisotopic (exact) mass is 274 g/mol. The Bertz CT molecular complexity index is 460. The fourth-order valence-corrected chi connectivity index (χ4v) is 3.62. The second-order valence-electron chi connectivity index (χ2n) is 6.60. The van der Waals surface area contributed by atoms with Crippen LogP contribution in [0, 0.1) is 13.8 Å². The van der Waals surface area contributed by atoms with Crippen molar-refractivity contribution < 1.29 is 9.47 Å². The summed E-state index contributed by atoms with van der Waals surface area (Å²) in [5.74, 6) is 1.01. The second-order valence-corrected chi connectivity index (χ2v) is 6.60. The largest absolute Gasteiger partial charge is 0.491 e. The van der Waals surface area contributed by atoms with E-state index in [0.717, 1.165) is 12.2 Å². The van der Waals surface area contributed by atoms with E-state index in [9.17, 15) is 0 Å². The molecule has 3 rings (SSSR count). The summed E-state index contributed by atoms with van der Waals surface area (Å²) in [7, 11) is 0. The van der Waals surface area contributed by atoms with Crippen LogP contribution in [0.4, 0.5) is 0 Å². The van der Waals surface area contributed by atoms with Crippen molar-refractivity contribution in [3.8, 4) is 5.75 Å². The second kappa shape index (κ2) is 5.77. The zero-order valence-corrected chi connectivity index (χ0v) is 12.8. The lowest BCUT2D eigenvalue weighted by molar-refractivity contribution is -0.0749. The van der Waals surface area contributed by atoms with E-state index in [1.54, 1.807) is 0 Å². The Morgan fingerprint density at radius 1 is 1.15 bits per heavy atom. The van der Waals surface area contributed by atoms with E-state index in [2.05, 4.69) is 32.0 Å². The highest BCUT2D eigenvalue weighted by molar-refractivity contribution is 5.35. The summed E-state index contributed by atoms with van der Waals surface area (Å²) < 4.78 is 12.4. The topological polar surface area (TPSA) is 18.5 Å². The molecule has 20 heavy (non-hydrogen) atoms. The molecule has 1 heterocycles. The average molecular weight is 274 g/mol. The van der Waals surface area contributed by atoms with E-state index >= 15 is 0 Å². The van der Waals surface area contributed by atoms with E-state index < -0.39 is 0 Å². The fourth-order valence-electron chi connectivity index (χ4n) is 3.62. The van der Waals surface area contributed by atoms with Crippen molar-refractivity contribution in [1.82, 2.24) is 0 Å². The summed E-state index contributed by atoms with van der Waals surface area (Å²) >= 11 is 0. The summed E-state index contributed by atoms with van der Waals surface area (Å²) in [6.45, 7) is 4.91. The third-order valence-corrected chi connectivity index (χ3v) is 4.87. The highest BCUT2D eigenvalue weighted by Gasteiger charge is 2.40. The molecule has 1 spiro atoms. The molecule has 0 radical (unpaired) electrons. The maximum Gasteiger partial charge on any atom is 0.122 e. The number of hydrogen-bond donors (Lipinski definition) is 0. The van der Waals surface area contributed by atoms with Gasteiger partial charge in [0.15, 0.2) is 0 Å². The Morgan fingerprint density at radius 3 is 2.75 bits per heavy atom. The Hall–Kier alpha value is -1.02. The van der Waals surface area contributed by atoms with Gasteiger partial charge in [-0.15, -0.1) is 0 Å². The predicted molar refractivity (Wildman–Crippen MR) is 81.3 cm³/mol. The van der Waals surface area contributed by atoms with E-state index in [-0.39, 0.29) is 11.7 Å². The first-order valence-corrected chi connectivity index (χ1v) is 8.05. The molecule has 0 aromatic heterocycles. The highest BCUT2D eigenvalue weighted by Crippen LogP contribution is 2.42. The predicted octanol–water partition coefficient (Wildman–Crippen LogP) is 4.56. The van der Waals surface area contributed by atoms with Crippen molar-refractivity contribution in [2.45, 2.75) is 70.5 Å². The van der Waals surface area contributed by atoms with Crippen molar-refractivity contribution in [2.24, 2.45) is 0 Å². The molecule has 1 aliphatic carbocycles. The van der Waals surface area contributed by atoms with Crippen molar-refractivity contribution in [2.75, 3.05) is 6.61 Å². The Labute approximate surface area is 122 Å². The van der Waals surface area contributed by atoms with Gasteiger partial charge in [-0.25, -0.2) is 0 Å².